The minimum Gasteiger partial charge on any atom is -0.384 e. The van der Waals surface area contributed by atoms with Crippen molar-refractivity contribution < 1.29 is 18.9 Å². The van der Waals surface area contributed by atoms with Crippen molar-refractivity contribution in [1.82, 2.24) is 0 Å². The van der Waals surface area contributed by atoms with Gasteiger partial charge in [0.2, 0.25) is 0 Å². The van der Waals surface area contributed by atoms with Crippen molar-refractivity contribution in [2.75, 3.05) is 0 Å². The molecule has 0 saturated heterocycles. The molecule has 56 valence electrons. The summed E-state index contributed by atoms with van der Waals surface area (Å²) in [4.78, 5) is 0. The summed E-state index contributed by atoms with van der Waals surface area (Å²) in [6.45, 7) is 5.72. The Kier molecular flexibility index (Phi) is 4.68. The van der Waals surface area contributed by atoms with Gasteiger partial charge < -0.3 is 5.73 Å². The fourth-order valence-corrected chi connectivity index (χ4v) is 0.791. The van der Waals surface area contributed by atoms with E-state index in [1.165, 1.54) is 12.8 Å². The molecule has 1 aliphatic rings. The Balaban J connectivity index is 0.000001000. The number of rotatable bonds is 3. The minimum absolute atomic E-state index is 0. The van der Waals surface area contributed by atoms with E-state index in [4.69, 9.17) is 5.73 Å². The van der Waals surface area contributed by atoms with Crippen LogP contribution in [0.2, 0.25) is 0 Å². The summed E-state index contributed by atoms with van der Waals surface area (Å²) in [5.74, 6) is 0.676. The zero-order chi connectivity index (χ0) is 7.56. The number of nitrogens with two attached hydrogens (primary N) is 1. The van der Waals surface area contributed by atoms with Gasteiger partial charge in [-0.1, -0.05) is 25.7 Å². The van der Waals surface area contributed by atoms with Crippen LogP contribution in [-0.4, -0.2) is 0 Å². The van der Waals surface area contributed by atoms with Crippen molar-refractivity contribution in [3.8, 4) is 0 Å². The largest absolute Gasteiger partial charge is 1.00 e. The molecule has 0 atom stereocenters. The van der Waals surface area contributed by atoms with Gasteiger partial charge >= 0.3 is 18.9 Å². The van der Waals surface area contributed by atoms with E-state index in [0.29, 0.717) is 5.92 Å². The Morgan fingerprint density at radius 3 is 2.55 bits per heavy atom. The quantitative estimate of drug-likeness (QED) is 0.307. The van der Waals surface area contributed by atoms with Crippen LogP contribution >= 0.6 is 0 Å². The summed E-state index contributed by atoms with van der Waals surface area (Å²) >= 11 is 0. The first kappa shape index (κ1) is 10.9. The van der Waals surface area contributed by atoms with E-state index in [1.807, 2.05) is 19.1 Å². The van der Waals surface area contributed by atoms with Gasteiger partial charge in [0.05, 0.1) is 0 Å². The molecule has 0 aliphatic heterocycles. The van der Waals surface area contributed by atoms with E-state index < -0.39 is 0 Å². The van der Waals surface area contributed by atoms with E-state index in [9.17, 15) is 0 Å². The summed E-state index contributed by atoms with van der Waals surface area (Å²) in [5.41, 5.74) is 6.77. The number of allylic oxidation sites excluding steroid dienone is 2. The van der Waals surface area contributed by atoms with Crippen molar-refractivity contribution >= 4 is 0 Å². The number of hydrogen-bond acceptors (Lipinski definition) is 1. The second-order valence-corrected chi connectivity index (χ2v) is 2.95. The van der Waals surface area contributed by atoms with Crippen LogP contribution in [-0.2, 0) is 0 Å². The van der Waals surface area contributed by atoms with Gasteiger partial charge in [-0.2, -0.15) is 6.04 Å². The Hall–Kier alpha value is -0.0926. The van der Waals surface area contributed by atoms with Gasteiger partial charge in [0.25, 0.3) is 0 Å². The van der Waals surface area contributed by atoms with E-state index in [0.717, 1.165) is 11.6 Å². The zero-order valence-electron chi connectivity index (χ0n) is 7.43. The van der Waals surface area contributed by atoms with Crippen molar-refractivity contribution in [1.29, 1.82) is 0 Å². The molecule has 0 amide bonds. The predicted molar refractivity (Wildman–Crippen MR) is 44.1 cm³/mol. The molecule has 1 fully saturated rings. The van der Waals surface area contributed by atoms with Gasteiger partial charge in [-0.05, 0) is 0 Å². The molecule has 0 bridgehead atoms. The van der Waals surface area contributed by atoms with Gasteiger partial charge in [0.15, 0.2) is 0 Å². The molecule has 1 saturated carbocycles. The minimum atomic E-state index is 0. The smallest absolute Gasteiger partial charge is 0.384 e. The summed E-state index contributed by atoms with van der Waals surface area (Å²) in [6.07, 6.45) is 6.48. The average molecular weight is 143 g/mol. The monoisotopic (exact) mass is 143 g/mol. The fraction of sp³-hybridized carbons (Fsp3) is 0.444. The van der Waals surface area contributed by atoms with Crippen molar-refractivity contribution in [3.05, 3.63) is 30.3 Å². The van der Waals surface area contributed by atoms with Crippen LogP contribution in [0.5, 0.6) is 0 Å². The summed E-state index contributed by atoms with van der Waals surface area (Å²) < 4.78 is 0. The Morgan fingerprint density at radius 2 is 2.18 bits per heavy atom. The van der Waals surface area contributed by atoms with Crippen molar-refractivity contribution in [2.24, 2.45) is 11.7 Å². The first-order valence-electron chi connectivity index (χ1n) is 3.66. The molecule has 11 heavy (non-hydrogen) atoms. The van der Waals surface area contributed by atoms with Crippen LogP contribution in [0.15, 0.2) is 24.3 Å². The Morgan fingerprint density at radius 1 is 1.64 bits per heavy atom. The maximum Gasteiger partial charge on any atom is 1.00 e. The van der Waals surface area contributed by atoms with Crippen LogP contribution in [0.3, 0.4) is 0 Å². The molecule has 1 rings (SSSR count). The zero-order valence-corrected chi connectivity index (χ0v) is 7.43. The van der Waals surface area contributed by atoms with E-state index in [1.54, 1.807) is 0 Å². The van der Waals surface area contributed by atoms with Crippen LogP contribution < -0.4 is 24.6 Å². The molecule has 0 radical (unpaired) electrons. The molecule has 0 aromatic rings. The second kappa shape index (κ2) is 4.72. The van der Waals surface area contributed by atoms with Gasteiger partial charge in [-0.15, -0.1) is 12.2 Å². The van der Waals surface area contributed by atoms with Crippen LogP contribution in [0.4, 0.5) is 0 Å². The van der Waals surface area contributed by atoms with Gasteiger partial charge in [0.1, 0.15) is 0 Å². The Labute approximate surface area is 80.9 Å². The standard InChI is InChI=1S/C9H14N.Li/c1-7(2)3-6-9(10)8-4-5-8;/h3,6,8H,1,4-5,10H2,2H3;/q-1;+1/b6-3+;. The van der Waals surface area contributed by atoms with E-state index in [-0.39, 0.29) is 18.9 Å². The fourth-order valence-electron chi connectivity index (χ4n) is 0.791. The Bertz CT molecular complexity index is 159. The molecule has 2 heteroatoms. The SMILES string of the molecule is C=C(C)/C=C/[C-](N)C1CC1.[Li+]. The molecule has 2 N–H and O–H groups in total. The third-order valence-corrected chi connectivity index (χ3v) is 1.61. The second-order valence-electron chi connectivity index (χ2n) is 2.95. The molecule has 1 aliphatic carbocycles. The van der Waals surface area contributed by atoms with Gasteiger partial charge in [-0.25, -0.2) is 12.2 Å². The van der Waals surface area contributed by atoms with Crippen LogP contribution in [0.1, 0.15) is 19.8 Å². The average Bonchev–Trinajstić information content (AvgIpc) is 2.63. The maximum absolute atomic E-state index is 5.72. The summed E-state index contributed by atoms with van der Waals surface area (Å²) in [7, 11) is 0. The topological polar surface area (TPSA) is 26.0 Å². The van der Waals surface area contributed by atoms with Crippen molar-refractivity contribution in [3.63, 3.8) is 0 Å². The predicted octanol–water partition coefficient (Wildman–Crippen LogP) is -0.977. The molecule has 0 spiro atoms. The van der Waals surface area contributed by atoms with Crippen molar-refractivity contribution in [2.45, 2.75) is 19.8 Å². The molecular weight excluding hydrogens is 129 g/mol. The summed E-state index contributed by atoms with van der Waals surface area (Å²) in [6, 6.07) is 1.02. The first-order chi connectivity index (χ1) is 4.70. The normalized spacial score (nSPS) is 16.2. The number of hydrogen-bond donors (Lipinski definition) is 1. The maximum atomic E-state index is 5.72. The first-order valence-corrected chi connectivity index (χ1v) is 3.66. The molecule has 0 unspecified atom stereocenters. The van der Waals surface area contributed by atoms with Crippen LogP contribution in [0.25, 0.3) is 0 Å². The molecular formula is C9H14LiN. The molecule has 0 aromatic heterocycles. The van der Waals surface area contributed by atoms with E-state index in [2.05, 4.69) is 6.58 Å². The third-order valence-electron chi connectivity index (χ3n) is 1.61. The van der Waals surface area contributed by atoms with Gasteiger partial charge in [-0.3, -0.25) is 0 Å². The van der Waals surface area contributed by atoms with Crippen LogP contribution in [0, 0.1) is 12.0 Å². The third kappa shape index (κ3) is 4.37. The molecule has 0 heterocycles. The van der Waals surface area contributed by atoms with Gasteiger partial charge in [0, 0.05) is 0 Å². The molecule has 1 nitrogen and oxygen atoms in total. The summed E-state index contributed by atoms with van der Waals surface area (Å²) in [5, 5.41) is 0. The molecule has 0 aromatic carbocycles. The van der Waals surface area contributed by atoms with E-state index >= 15 is 0 Å².